The highest BCUT2D eigenvalue weighted by atomic mass is 35.5. The minimum absolute atomic E-state index is 0.177. The van der Waals surface area contributed by atoms with Crippen LogP contribution in [0.25, 0.3) is 21.9 Å². The zero-order chi connectivity index (χ0) is 30.9. The molecule has 10 heteroatoms. The Morgan fingerprint density at radius 1 is 0.841 bits per heavy atom. The average molecular weight is 639 g/mol. The molecule has 1 aliphatic heterocycles. The number of amides is 1. The highest BCUT2D eigenvalue weighted by Crippen LogP contribution is 2.36. The minimum atomic E-state index is -4.52. The lowest BCUT2D eigenvalue weighted by Gasteiger charge is -2.30. The Labute approximate surface area is 261 Å². The number of likely N-dealkylation sites (tertiary alicyclic amines) is 1. The molecule has 1 aliphatic carbocycles. The summed E-state index contributed by atoms with van der Waals surface area (Å²) in [6.07, 6.45) is 5.82. The van der Waals surface area contributed by atoms with Gasteiger partial charge in [-0.1, -0.05) is 60.1 Å². The smallest absolute Gasteiger partial charge is 0.298 e. The summed E-state index contributed by atoms with van der Waals surface area (Å²) in [5.41, 5.74) is 0.990. The molecule has 6 rings (SSSR count). The second-order valence-electron chi connectivity index (χ2n) is 11.5. The van der Waals surface area contributed by atoms with E-state index < -0.39 is 33.5 Å². The molecule has 1 amide bonds. The zero-order valence-corrected chi connectivity index (χ0v) is 25.6. The molecule has 2 fully saturated rings. The number of ether oxygens (including phenoxy) is 1. The first kappa shape index (κ1) is 30.5. The number of hydrogen-bond donors (Lipinski definition) is 1. The van der Waals surface area contributed by atoms with E-state index in [2.05, 4.69) is 4.72 Å². The monoisotopic (exact) mass is 638 g/mol. The van der Waals surface area contributed by atoms with Gasteiger partial charge in [0.05, 0.1) is 11.0 Å². The van der Waals surface area contributed by atoms with Crippen molar-refractivity contribution in [2.75, 3.05) is 13.1 Å². The lowest BCUT2D eigenvalue weighted by atomic mass is 9.97. The molecule has 230 valence electrons. The number of sulfonamides is 1. The highest BCUT2D eigenvalue weighted by molar-refractivity contribution is 7.89. The van der Waals surface area contributed by atoms with E-state index in [1.54, 1.807) is 42.5 Å². The molecule has 44 heavy (non-hydrogen) atoms. The lowest BCUT2D eigenvalue weighted by Crippen LogP contribution is -2.55. The normalized spacial score (nSPS) is 16.8. The summed E-state index contributed by atoms with van der Waals surface area (Å²) in [7, 11) is -4.52. The summed E-state index contributed by atoms with van der Waals surface area (Å²) >= 11 is 5.97. The molecule has 1 atom stereocenters. The summed E-state index contributed by atoms with van der Waals surface area (Å²) in [5.74, 6) is -4.09. The fourth-order valence-electron chi connectivity index (χ4n) is 5.96. The molecular formula is C34H33ClF2N2O4S. The quantitative estimate of drug-likeness (QED) is 0.206. The van der Waals surface area contributed by atoms with Crippen LogP contribution in [0.15, 0.2) is 89.8 Å². The van der Waals surface area contributed by atoms with Crippen molar-refractivity contribution < 1.29 is 26.7 Å². The molecule has 0 unspecified atom stereocenters. The maximum absolute atomic E-state index is 16.2. The average Bonchev–Trinajstić information content (AvgIpc) is 3.75. The van der Waals surface area contributed by atoms with E-state index in [1.807, 2.05) is 6.07 Å². The number of benzene rings is 4. The number of rotatable bonds is 9. The van der Waals surface area contributed by atoms with Gasteiger partial charge < -0.3 is 9.64 Å². The van der Waals surface area contributed by atoms with Crippen molar-refractivity contribution in [1.29, 1.82) is 0 Å². The Morgan fingerprint density at radius 2 is 1.43 bits per heavy atom. The number of halogens is 3. The first-order valence-electron chi connectivity index (χ1n) is 14.9. The summed E-state index contributed by atoms with van der Waals surface area (Å²) in [5, 5.41) is 1.92. The maximum Gasteiger partial charge on any atom is 0.298 e. The lowest BCUT2D eigenvalue weighted by molar-refractivity contribution is -0.143. The number of alkyl halides is 2. The predicted octanol–water partition coefficient (Wildman–Crippen LogP) is 7.54. The SMILES string of the molecule is O=C([C@@H](NS(=O)(=O)c1ccc2cc(OC3CCCC3)ccc2c1)C(F)(F)c1ccc(-c2ccc(Cl)cc2)cc1)N1CCCC1. The second-order valence-corrected chi connectivity index (χ2v) is 13.6. The fourth-order valence-corrected chi connectivity index (χ4v) is 7.31. The van der Waals surface area contributed by atoms with Gasteiger partial charge >= 0.3 is 0 Å². The van der Waals surface area contributed by atoms with Crippen LogP contribution in [0.3, 0.4) is 0 Å². The molecular weight excluding hydrogens is 606 g/mol. The van der Waals surface area contributed by atoms with E-state index >= 15 is 8.78 Å². The van der Waals surface area contributed by atoms with Crippen LogP contribution in [0.2, 0.25) is 5.02 Å². The van der Waals surface area contributed by atoms with Crippen LogP contribution in [-0.4, -0.2) is 44.5 Å². The standard InChI is InChI=1S/C34H33ClF2N2O4S/c35-28-15-9-24(10-16-28)23-7-13-27(14-8-23)34(36,37)32(33(40)39-19-3-4-20-39)38-44(41,42)31-18-12-25-21-30(17-11-26(25)22-31)43-29-5-1-2-6-29/h7-18,21-22,29,32,38H,1-6,19-20H2/t32-/m1/s1. The van der Waals surface area contributed by atoms with E-state index in [0.717, 1.165) is 36.6 Å². The molecule has 0 spiro atoms. The van der Waals surface area contributed by atoms with E-state index in [9.17, 15) is 13.2 Å². The third-order valence-electron chi connectivity index (χ3n) is 8.45. The first-order chi connectivity index (χ1) is 21.1. The van der Waals surface area contributed by atoms with Crippen molar-refractivity contribution >= 4 is 38.3 Å². The Hall–Kier alpha value is -3.53. The van der Waals surface area contributed by atoms with Crippen molar-refractivity contribution in [3.05, 3.63) is 95.5 Å². The molecule has 0 radical (unpaired) electrons. The van der Waals surface area contributed by atoms with Gasteiger partial charge in [-0.05, 0) is 96.8 Å². The third kappa shape index (κ3) is 6.46. The van der Waals surface area contributed by atoms with Gasteiger partial charge in [0.15, 0.2) is 6.04 Å². The van der Waals surface area contributed by atoms with Crippen molar-refractivity contribution in [1.82, 2.24) is 9.62 Å². The molecule has 1 saturated carbocycles. The summed E-state index contributed by atoms with van der Waals surface area (Å²) in [6, 6.07) is 19.9. The Morgan fingerprint density at radius 3 is 2.09 bits per heavy atom. The molecule has 1 heterocycles. The number of carbonyl (C=O) groups excluding carboxylic acids is 1. The van der Waals surface area contributed by atoms with Crippen molar-refractivity contribution in [3.8, 4) is 16.9 Å². The van der Waals surface area contributed by atoms with E-state index in [4.69, 9.17) is 16.3 Å². The fraction of sp³-hybridized carbons (Fsp3) is 0.324. The van der Waals surface area contributed by atoms with Crippen LogP contribution in [0, 0.1) is 0 Å². The highest BCUT2D eigenvalue weighted by Gasteiger charge is 2.50. The van der Waals surface area contributed by atoms with Gasteiger partial charge in [-0.25, -0.2) is 8.42 Å². The number of hydrogen-bond acceptors (Lipinski definition) is 4. The summed E-state index contributed by atoms with van der Waals surface area (Å²) < 4.78 is 67.8. The number of nitrogens with one attached hydrogen (secondary N) is 1. The summed E-state index contributed by atoms with van der Waals surface area (Å²) in [4.78, 5) is 14.6. The predicted molar refractivity (Wildman–Crippen MR) is 168 cm³/mol. The van der Waals surface area contributed by atoms with Crippen LogP contribution in [0.5, 0.6) is 5.75 Å². The molecule has 1 saturated heterocycles. The topological polar surface area (TPSA) is 75.7 Å². The van der Waals surface area contributed by atoms with Crippen LogP contribution < -0.4 is 9.46 Å². The van der Waals surface area contributed by atoms with Crippen LogP contribution in [0.1, 0.15) is 44.1 Å². The van der Waals surface area contributed by atoms with Gasteiger partial charge in [0.1, 0.15) is 5.75 Å². The minimum Gasteiger partial charge on any atom is -0.490 e. The Kier molecular flexibility index (Phi) is 8.64. The van der Waals surface area contributed by atoms with Gasteiger partial charge in [-0.3, -0.25) is 4.79 Å². The number of nitrogens with zero attached hydrogens (tertiary/aromatic N) is 1. The molecule has 6 nitrogen and oxygen atoms in total. The Balaban J connectivity index is 1.28. The van der Waals surface area contributed by atoms with Gasteiger partial charge in [0.25, 0.3) is 5.92 Å². The van der Waals surface area contributed by atoms with Crippen molar-refractivity contribution in [3.63, 3.8) is 0 Å². The van der Waals surface area contributed by atoms with Gasteiger partial charge in [0.2, 0.25) is 15.9 Å². The van der Waals surface area contributed by atoms with Gasteiger partial charge in [-0.15, -0.1) is 0 Å². The Bertz CT molecular complexity index is 1750. The third-order valence-corrected chi connectivity index (χ3v) is 10.1. The van der Waals surface area contributed by atoms with Crippen LogP contribution in [-0.2, 0) is 20.7 Å². The number of carbonyl (C=O) groups is 1. The molecule has 0 bridgehead atoms. The van der Waals surface area contributed by atoms with Crippen molar-refractivity contribution in [2.45, 2.75) is 61.5 Å². The van der Waals surface area contributed by atoms with Gasteiger partial charge in [-0.2, -0.15) is 13.5 Å². The van der Waals surface area contributed by atoms with Crippen molar-refractivity contribution in [2.24, 2.45) is 0 Å². The second kappa shape index (κ2) is 12.5. The largest absolute Gasteiger partial charge is 0.490 e. The first-order valence-corrected chi connectivity index (χ1v) is 16.7. The zero-order valence-electron chi connectivity index (χ0n) is 24.0. The maximum atomic E-state index is 16.2. The van der Waals surface area contributed by atoms with E-state index in [0.29, 0.717) is 47.7 Å². The molecule has 0 aromatic heterocycles. The van der Waals surface area contributed by atoms with Crippen LogP contribution in [0.4, 0.5) is 8.78 Å². The molecule has 1 N–H and O–H groups in total. The van der Waals surface area contributed by atoms with E-state index in [-0.39, 0.29) is 11.0 Å². The number of fused-ring (bicyclic) bond motifs is 1. The molecule has 4 aromatic rings. The molecule has 2 aliphatic rings. The van der Waals surface area contributed by atoms with Crippen LogP contribution >= 0.6 is 11.6 Å². The van der Waals surface area contributed by atoms with E-state index in [1.165, 1.54) is 41.3 Å². The molecule has 4 aromatic carbocycles. The van der Waals surface area contributed by atoms with Gasteiger partial charge in [0, 0.05) is 23.7 Å². The summed E-state index contributed by atoms with van der Waals surface area (Å²) in [6.45, 7) is 0.591.